The number of H-pyrrole nitrogens is 1. The van der Waals surface area contributed by atoms with Crippen molar-refractivity contribution in [1.29, 1.82) is 0 Å². The third-order valence-corrected chi connectivity index (χ3v) is 4.39. The molecule has 0 atom stereocenters. The minimum absolute atomic E-state index is 0.113. The highest BCUT2D eigenvalue weighted by atomic mass is 16.5. The molecule has 0 radical (unpaired) electrons. The van der Waals surface area contributed by atoms with Gasteiger partial charge in [0.25, 0.3) is 5.56 Å². The van der Waals surface area contributed by atoms with E-state index in [0.29, 0.717) is 18.1 Å². The van der Waals surface area contributed by atoms with Gasteiger partial charge in [0, 0.05) is 42.3 Å². The molecule has 0 fully saturated rings. The molecule has 0 aliphatic rings. The number of rotatable bonds is 6. The maximum absolute atomic E-state index is 12.3. The highest BCUT2D eigenvalue weighted by Gasteiger charge is 2.17. The fourth-order valence-corrected chi connectivity index (χ4v) is 3.00. The molecule has 3 rings (SSSR count). The van der Waals surface area contributed by atoms with Gasteiger partial charge in [-0.05, 0) is 17.7 Å². The molecule has 2 aromatic heterocycles. The molecule has 0 saturated carbocycles. The molecule has 0 unspecified atom stereocenters. The van der Waals surface area contributed by atoms with Gasteiger partial charge >= 0.3 is 0 Å². The van der Waals surface area contributed by atoms with E-state index in [1.54, 1.807) is 38.2 Å². The lowest BCUT2D eigenvalue weighted by molar-refractivity contribution is 0.381. The van der Waals surface area contributed by atoms with Crippen LogP contribution in [0.3, 0.4) is 0 Å². The number of hydrogen-bond acceptors (Lipinski definition) is 5. The molecule has 3 aromatic rings. The van der Waals surface area contributed by atoms with E-state index in [1.165, 1.54) is 0 Å². The first kappa shape index (κ1) is 18.0. The second-order valence-corrected chi connectivity index (χ2v) is 6.51. The maximum Gasteiger partial charge on any atom is 0.276 e. The van der Waals surface area contributed by atoms with E-state index >= 15 is 0 Å². The highest BCUT2D eigenvalue weighted by molar-refractivity contribution is 5.94. The van der Waals surface area contributed by atoms with Crippen molar-refractivity contribution in [3.8, 4) is 22.6 Å². The Hall–Kier alpha value is -2.80. The van der Waals surface area contributed by atoms with Gasteiger partial charge in [0.2, 0.25) is 0 Å². The normalized spacial score (nSPS) is 11.3. The van der Waals surface area contributed by atoms with E-state index in [2.05, 4.69) is 29.4 Å². The first-order valence-electron chi connectivity index (χ1n) is 8.47. The summed E-state index contributed by atoms with van der Waals surface area (Å²) in [5.41, 5.74) is 3.11. The third-order valence-electron chi connectivity index (χ3n) is 4.39. The van der Waals surface area contributed by atoms with Crippen molar-refractivity contribution in [3.05, 3.63) is 40.4 Å². The summed E-state index contributed by atoms with van der Waals surface area (Å²) in [4.78, 5) is 12.3. The number of hydrogen-bond donors (Lipinski definition) is 2. The Bertz CT molecular complexity index is 963. The Morgan fingerprint density at radius 2 is 1.88 bits per heavy atom. The Morgan fingerprint density at radius 1 is 1.23 bits per heavy atom. The van der Waals surface area contributed by atoms with E-state index < -0.39 is 0 Å². The van der Waals surface area contributed by atoms with Gasteiger partial charge in [0.15, 0.2) is 0 Å². The predicted molar refractivity (Wildman–Crippen MR) is 102 cm³/mol. The molecule has 0 bridgehead atoms. The molecule has 7 heteroatoms. The molecular weight excluding hydrogens is 332 g/mol. The number of pyridine rings is 1. The number of ether oxygens (including phenoxy) is 2. The number of aryl methyl sites for hydroxylation is 1. The SMILES string of the molecule is COc1cc(-c2cn(C)c(=O)c3[nH]ncc23)cc(OC)c1CNC(C)C. The second kappa shape index (κ2) is 7.21. The van der Waals surface area contributed by atoms with Crippen LogP contribution in [0, 0.1) is 0 Å². The van der Waals surface area contributed by atoms with Gasteiger partial charge in [-0.3, -0.25) is 9.89 Å². The molecule has 0 saturated heterocycles. The first-order valence-corrected chi connectivity index (χ1v) is 8.47. The van der Waals surface area contributed by atoms with Crippen LogP contribution in [0.5, 0.6) is 11.5 Å². The fourth-order valence-electron chi connectivity index (χ4n) is 3.00. The van der Waals surface area contributed by atoms with Crippen LogP contribution in [0.25, 0.3) is 22.0 Å². The lowest BCUT2D eigenvalue weighted by Crippen LogP contribution is -2.22. The number of benzene rings is 1. The molecule has 0 aliphatic heterocycles. The van der Waals surface area contributed by atoms with Gasteiger partial charge in [-0.1, -0.05) is 13.8 Å². The zero-order chi connectivity index (χ0) is 18.8. The molecule has 0 aliphatic carbocycles. The van der Waals surface area contributed by atoms with Gasteiger partial charge in [-0.25, -0.2) is 0 Å². The smallest absolute Gasteiger partial charge is 0.276 e. The molecule has 26 heavy (non-hydrogen) atoms. The molecular formula is C19H24N4O3. The Balaban J connectivity index is 2.19. The van der Waals surface area contributed by atoms with E-state index in [-0.39, 0.29) is 5.56 Å². The number of aromatic amines is 1. The molecule has 0 spiro atoms. The van der Waals surface area contributed by atoms with E-state index in [9.17, 15) is 4.79 Å². The summed E-state index contributed by atoms with van der Waals surface area (Å²) in [6.07, 6.45) is 3.47. The fraction of sp³-hybridized carbons (Fsp3) is 0.368. The minimum atomic E-state index is -0.113. The molecule has 138 valence electrons. The average molecular weight is 356 g/mol. The van der Waals surface area contributed by atoms with Gasteiger partial charge in [-0.2, -0.15) is 5.10 Å². The van der Waals surface area contributed by atoms with Crippen molar-refractivity contribution < 1.29 is 9.47 Å². The lowest BCUT2D eigenvalue weighted by Gasteiger charge is -2.18. The predicted octanol–water partition coefficient (Wildman–Crippen LogP) is 2.44. The van der Waals surface area contributed by atoms with Crippen LogP contribution in [0.4, 0.5) is 0 Å². The van der Waals surface area contributed by atoms with Gasteiger partial charge in [-0.15, -0.1) is 0 Å². The summed E-state index contributed by atoms with van der Waals surface area (Å²) in [5, 5.41) is 11.0. The van der Waals surface area contributed by atoms with Crippen molar-refractivity contribution in [3.63, 3.8) is 0 Å². The number of fused-ring (bicyclic) bond motifs is 1. The van der Waals surface area contributed by atoms with Crippen molar-refractivity contribution in [2.75, 3.05) is 14.2 Å². The summed E-state index contributed by atoms with van der Waals surface area (Å²) in [6, 6.07) is 4.27. The molecule has 7 nitrogen and oxygen atoms in total. The molecule has 1 aromatic carbocycles. The van der Waals surface area contributed by atoms with Crippen LogP contribution in [0.15, 0.2) is 29.3 Å². The third kappa shape index (κ3) is 3.17. The van der Waals surface area contributed by atoms with E-state index in [1.807, 2.05) is 12.1 Å². The Kier molecular flexibility index (Phi) is 4.99. The number of aromatic nitrogens is 3. The summed E-state index contributed by atoms with van der Waals surface area (Å²) in [7, 11) is 5.01. The summed E-state index contributed by atoms with van der Waals surface area (Å²) < 4.78 is 12.8. The van der Waals surface area contributed by atoms with Crippen molar-refractivity contribution in [2.45, 2.75) is 26.4 Å². The number of nitrogens with zero attached hydrogens (tertiary/aromatic N) is 2. The van der Waals surface area contributed by atoms with Crippen molar-refractivity contribution in [1.82, 2.24) is 20.1 Å². The quantitative estimate of drug-likeness (QED) is 0.709. The summed E-state index contributed by atoms with van der Waals surface area (Å²) in [5.74, 6) is 1.47. The number of nitrogens with one attached hydrogen (secondary N) is 2. The average Bonchev–Trinajstić information content (AvgIpc) is 3.12. The molecule has 2 heterocycles. The minimum Gasteiger partial charge on any atom is -0.496 e. The zero-order valence-electron chi connectivity index (χ0n) is 15.7. The molecule has 0 amide bonds. The summed E-state index contributed by atoms with van der Waals surface area (Å²) in [6.45, 7) is 4.82. The number of methoxy groups -OCH3 is 2. The van der Waals surface area contributed by atoms with E-state index in [4.69, 9.17) is 9.47 Å². The van der Waals surface area contributed by atoms with Gasteiger partial charge in [0.05, 0.1) is 20.4 Å². The van der Waals surface area contributed by atoms with Crippen LogP contribution >= 0.6 is 0 Å². The summed E-state index contributed by atoms with van der Waals surface area (Å²) >= 11 is 0. The van der Waals surface area contributed by atoms with E-state index in [0.717, 1.165) is 33.6 Å². The second-order valence-electron chi connectivity index (χ2n) is 6.51. The monoisotopic (exact) mass is 356 g/mol. The topological polar surface area (TPSA) is 81.2 Å². The van der Waals surface area contributed by atoms with Gasteiger partial charge in [0.1, 0.15) is 17.0 Å². The Morgan fingerprint density at radius 3 is 2.46 bits per heavy atom. The zero-order valence-corrected chi connectivity index (χ0v) is 15.7. The van der Waals surface area contributed by atoms with Crippen LogP contribution in [-0.2, 0) is 13.6 Å². The first-order chi connectivity index (χ1) is 12.5. The highest BCUT2D eigenvalue weighted by Crippen LogP contribution is 2.36. The van der Waals surface area contributed by atoms with Crippen LogP contribution in [0.2, 0.25) is 0 Å². The van der Waals surface area contributed by atoms with Crippen LogP contribution < -0.4 is 20.3 Å². The largest absolute Gasteiger partial charge is 0.496 e. The Labute approximate surface area is 151 Å². The van der Waals surface area contributed by atoms with Crippen LogP contribution in [0.1, 0.15) is 19.4 Å². The van der Waals surface area contributed by atoms with Gasteiger partial charge < -0.3 is 19.4 Å². The maximum atomic E-state index is 12.3. The standard InChI is InChI=1S/C19H24N4O3/c1-11(2)20-8-14-16(25-4)6-12(7-17(14)26-5)15-10-23(3)19(24)18-13(15)9-21-22-18/h6-7,9-11,20H,8H2,1-5H3,(H,21,22). The van der Waals surface area contributed by atoms with Crippen molar-refractivity contribution in [2.24, 2.45) is 7.05 Å². The lowest BCUT2D eigenvalue weighted by atomic mass is 10.0. The van der Waals surface area contributed by atoms with Crippen molar-refractivity contribution >= 4 is 10.9 Å². The molecule has 2 N–H and O–H groups in total. The van der Waals surface area contributed by atoms with Crippen LogP contribution in [-0.4, -0.2) is 35.0 Å².